The first-order valence-electron chi connectivity index (χ1n) is 6.53. The Balaban J connectivity index is 2.37. The van der Waals surface area contributed by atoms with Crippen LogP contribution in [-0.4, -0.2) is 22.6 Å². The van der Waals surface area contributed by atoms with E-state index >= 15 is 0 Å². The Hall–Kier alpha value is -3.09. The zero-order valence-corrected chi connectivity index (χ0v) is 11.8. The summed E-state index contributed by atoms with van der Waals surface area (Å²) in [4.78, 5) is 22.3. The largest absolute Gasteiger partial charge is 0.508 e. The van der Waals surface area contributed by atoms with Crippen LogP contribution in [0.25, 0.3) is 0 Å². The van der Waals surface area contributed by atoms with E-state index in [1.54, 1.807) is 19.1 Å². The van der Waals surface area contributed by atoms with Crippen molar-refractivity contribution in [2.45, 2.75) is 6.92 Å². The van der Waals surface area contributed by atoms with E-state index in [1.165, 1.54) is 30.3 Å². The summed E-state index contributed by atoms with van der Waals surface area (Å²) >= 11 is 0. The fourth-order valence-corrected chi connectivity index (χ4v) is 1.84. The van der Waals surface area contributed by atoms with Crippen LogP contribution in [-0.2, 0) is 4.74 Å². The van der Waals surface area contributed by atoms with E-state index in [1.807, 2.05) is 0 Å². The van der Waals surface area contributed by atoms with E-state index < -0.39 is 10.9 Å². The molecule has 0 spiro atoms. The summed E-state index contributed by atoms with van der Waals surface area (Å²) in [6.45, 7) is 1.90. The van der Waals surface area contributed by atoms with Crippen molar-refractivity contribution in [1.82, 2.24) is 0 Å². The van der Waals surface area contributed by atoms with Gasteiger partial charge < -0.3 is 15.2 Å². The van der Waals surface area contributed by atoms with Crippen molar-refractivity contribution < 1.29 is 19.6 Å². The maximum absolute atomic E-state index is 11.7. The Labute approximate surface area is 126 Å². The van der Waals surface area contributed by atoms with Gasteiger partial charge in [0.25, 0.3) is 5.69 Å². The number of nitrogens with one attached hydrogen (secondary N) is 1. The highest BCUT2D eigenvalue weighted by atomic mass is 16.6. The molecular weight excluding hydrogens is 288 g/mol. The van der Waals surface area contributed by atoms with Gasteiger partial charge in [0.15, 0.2) is 0 Å². The maximum Gasteiger partial charge on any atom is 0.338 e. The Bertz CT molecular complexity index is 698. The van der Waals surface area contributed by atoms with E-state index in [0.29, 0.717) is 5.69 Å². The molecule has 0 aromatic heterocycles. The molecule has 0 saturated carbocycles. The number of nitro benzene ring substituents is 1. The van der Waals surface area contributed by atoms with Crippen molar-refractivity contribution in [3.05, 3.63) is 58.1 Å². The lowest BCUT2D eigenvalue weighted by atomic mass is 10.1. The molecule has 2 aromatic rings. The van der Waals surface area contributed by atoms with Crippen LogP contribution in [0.1, 0.15) is 17.3 Å². The molecule has 0 saturated heterocycles. The molecule has 114 valence electrons. The van der Waals surface area contributed by atoms with Gasteiger partial charge in [-0.05, 0) is 43.3 Å². The predicted molar refractivity (Wildman–Crippen MR) is 80.4 cm³/mol. The van der Waals surface area contributed by atoms with Gasteiger partial charge in [-0.3, -0.25) is 10.1 Å². The SMILES string of the molecule is CCOC(=O)c1ccc([N+](=O)[O-])c(Nc2ccc(O)cc2)c1. The molecule has 22 heavy (non-hydrogen) atoms. The Morgan fingerprint density at radius 3 is 2.55 bits per heavy atom. The molecule has 0 bridgehead atoms. The average Bonchev–Trinajstić information content (AvgIpc) is 2.49. The zero-order chi connectivity index (χ0) is 16.1. The van der Waals surface area contributed by atoms with Crippen molar-refractivity contribution in [3.63, 3.8) is 0 Å². The molecule has 7 heteroatoms. The Morgan fingerprint density at radius 2 is 1.95 bits per heavy atom. The lowest BCUT2D eigenvalue weighted by Gasteiger charge is -2.09. The summed E-state index contributed by atoms with van der Waals surface area (Å²) in [5.41, 5.74) is 0.762. The minimum absolute atomic E-state index is 0.0836. The van der Waals surface area contributed by atoms with Gasteiger partial charge in [0, 0.05) is 11.8 Å². The summed E-state index contributed by atoms with van der Waals surface area (Å²) in [5.74, 6) is -0.466. The first kappa shape index (κ1) is 15.3. The molecular formula is C15H14N2O5. The van der Waals surface area contributed by atoms with Crippen LogP contribution in [0.3, 0.4) is 0 Å². The maximum atomic E-state index is 11.7. The topological polar surface area (TPSA) is 102 Å². The van der Waals surface area contributed by atoms with Crippen LogP contribution in [0.15, 0.2) is 42.5 Å². The number of carbonyl (C=O) groups excluding carboxylic acids is 1. The normalized spacial score (nSPS) is 10.0. The first-order chi connectivity index (χ1) is 10.5. The van der Waals surface area contributed by atoms with Gasteiger partial charge in [-0.1, -0.05) is 0 Å². The van der Waals surface area contributed by atoms with Crippen LogP contribution in [0.2, 0.25) is 0 Å². The Morgan fingerprint density at radius 1 is 1.27 bits per heavy atom. The highest BCUT2D eigenvalue weighted by Gasteiger charge is 2.17. The fraction of sp³-hybridized carbons (Fsp3) is 0.133. The van der Waals surface area contributed by atoms with Crippen LogP contribution in [0.5, 0.6) is 5.75 Å². The monoisotopic (exact) mass is 302 g/mol. The van der Waals surface area contributed by atoms with Gasteiger partial charge >= 0.3 is 5.97 Å². The summed E-state index contributed by atoms with van der Waals surface area (Å²) < 4.78 is 4.88. The summed E-state index contributed by atoms with van der Waals surface area (Å²) in [5, 5.41) is 23.2. The third-order valence-electron chi connectivity index (χ3n) is 2.85. The van der Waals surface area contributed by atoms with E-state index in [0.717, 1.165) is 0 Å². The average molecular weight is 302 g/mol. The summed E-state index contributed by atoms with van der Waals surface area (Å²) in [7, 11) is 0. The number of aromatic hydroxyl groups is 1. The molecule has 0 radical (unpaired) electrons. The van der Waals surface area contributed by atoms with Gasteiger partial charge in [-0.25, -0.2) is 4.79 Å². The molecule has 0 atom stereocenters. The molecule has 2 rings (SSSR count). The number of hydrogen-bond acceptors (Lipinski definition) is 6. The molecule has 7 nitrogen and oxygen atoms in total. The fourth-order valence-electron chi connectivity index (χ4n) is 1.84. The van der Waals surface area contributed by atoms with E-state index in [2.05, 4.69) is 5.32 Å². The number of phenols is 1. The van der Waals surface area contributed by atoms with Crippen LogP contribution < -0.4 is 5.32 Å². The number of nitrogens with zero attached hydrogens (tertiary/aromatic N) is 1. The quantitative estimate of drug-likeness (QED) is 0.380. The number of nitro groups is 1. The van der Waals surface area contributed by atoms with Crippen molar-refractivity contribution in [2.24, 2.45) is 0 Å². The van der Waals surface area contributed by atoms with E-state index in [-0.39, 0.29) is 29.3 Å². The third kappa shape index (κ3) is 3.51. The highest BCUT2D eigenvalue weighted by molar-refractivity contribution is 5.92. The molecule has 0 heterocycles. The zero-order valence-electron chi connectivity index (χ0n) is 11.8. The number of benzene rings is 2. The smallest absolute Gasteiger partial charge is 0.338 e. The van der Waals surface area contributed by atoms with Crippen LogP contribution in [0, 0.1) is 10.1 Å². The summed E-state index contributed by atoms with van der Waals surface area (Å²) in [6.07, 6.45) is 0. The predicted octanol–water partition coefficient (Wildman–Crippen LogP) is 3.22. The van der Waals surface area contributed by atoms with Gasteiger partial charge in [-0.2, -0.15) is 0 Å². The van der Waals surface area contributed by atoms with Crippen LogP contribution in [0.4, 0.5) is 17.1 Å². The number of hydrogen-bond donors (Lipinski definition) is 2. The summed E-state index contributed by atoms with van der Waals surface area (Å²) in [6, 6.07) is 9.98. The lowest BCUT2D eigenvalue weighted by Crippen LogP contribution is -2.06. The Kier molecular flexibility index (Phi) is 4.57. The third-order valence-corrected chi connectivity index (χ3v) is 2.85. The van der Waals surface area contributed by atoms with Gasteiger partial charge in [0.2, 0.25) is 0 Å². The molecule has 0 amide bonds. The molecule has 2 aromatic carbocycles. The number of phenolic OH excluding ortho intramolecular Hbond substituents is 1. The number of ether oxygens (including phenoxy) is 1. The number of esters is 1. The second-order valence-electron chi connectivity index (χ2n) is 4.38. The second-order valence-corrected chi connectivity index (χ2v) is 4.38. The molecule has 0 aliphatic heterocycles. The molecule has 2 N–H and O–H groups in total. The second kappa shape index (κ2) is 6.57. The molecule has 0 fully saturated rings. The number of rotatable bonds is 5. The van der Waals surface area contributed by atoms with Crippen molar-refractivity contribution in [2.75, 3.05) is 11.9 Å². The van der Waals surface area contributed by atoms with Gasteiger partial charge in [0.1, 0.15) is 11.4 Å². The van der Waals surface area contributed by atoms with Gasteiger partial charge in [-0.15, -0.1) is 0 Å². The standard InChI is InChI=1S/C15H14N2O5/c1-2-22-15(19)10-3-8-14(17(20)21)13(9-10)16-11-4-6-12(18)7-5-11/h3-9,16,18H,2H2,1H3. The minimum Gasteiger partial charge on any atom is -0.508 e. The lowest BCUT2D eigenvalue weighted by molar-refractivity contribution is -0.383. The molecule has 0 aliphatic rings. The first-order valence-corrected chi connectivity index (χ1v) is 6.53. The van der Waals surface area contributed by atoms with E-state index in [4.69, 9.17) is 4.74 Å². The number of carbonyl (C=O) groups is 1. The van der Waals surface area contributed by atoms with Crippen molar-refractivity contribution >= 4 is 23.0 Å². The molecule has 0 aliphatic carbocycles. The highest BCUT2D eigenvalue weighted by Crippen LogP contribution is 2.29. The van der Waals surface area contributed by atoms with Crippen molar-refractivity contribution in [3.8, 4) is 5.75 Å². The molecule has 0 unspecified atom stereocenters. The van der Waals surface area contributed by atoms with Crippen molar-refractivity contribution in [1.29, 1.82) is 0 Å². The van der Waals surface area contributed by atoms with Crippen LogP contribution >= 0.6 is 0 Å². The van der Waals surface area contributed by atoms with E-state index in [9.17, 15) is 20.0 Å². The minimum atomic E-state index is -0.550. The number of anilines is 2. The van der Waals surface area contributed by atoms with Gasteiger partial charge in [0.05, 0.1) is 17.1 Å².